The molecule has 0 saturated carbocycles. The number of hydrogen-bond acceptors (Lipinski definition) is 4. The minimum Gasteiger partial charge on any atom is -0.313 e. The quantitative estimate of drug-likeness (QED) is 0.562. The van der Waals surface area contributed by atoms with E-state index >= 15 is 0 Å². The minimum absolute atomic E-state index is 0.256. The first-order valence-corrected chi connectivity index (χ1v) is 4.61. The summed E-state index contributed by atoms with van der Waals surface area (Å²) in [6.07, 6.45) is 0. The number of pyridine rings is 1. The van der Waals surface area contributed by atoms with Gasteiger partial charge in [-0.3, -0.25) is 0 Å². The average molecular weight is 211 g/mol. The van der Waals surface area contributed by atoms with Crippen LogP contribution in [0.2, 0.25) is 0 Å². The van der Waals surface area contributed by atoms with Crippen LogP contribution in [0.25, 0.3) is 16.6 Å². The highest BCUT2D eigenvalue weighted by atomic mass is 16.5. The van der Waals surface area contributed by atoms with Gasteiger partial charge in [-0.15, -0.1) is 0 Å². The summed E-state index contributed by atoms with van der Waals surface area (Å²) in [6.45, 7) is 0. The molecule has 0 aliphatic carbocycles. The molecule has 0 unspecified atom stereocenters. The van der Waals surface area contributed by atoms with Gasteiger partial charge in [0.15, 0.2) is 5.65 Å². The number of nitrogens with zero attached hydrogens (tertiary/aromatic N) is 3. The first kappa shape index (κ1) is 8.68. The van der Waals surface area contributed by atoms with Crippen LogP contribution in [0.1, 0.15) is 5.56 Å². The molecule has 16 heavy (non-hydrogen) atoms. The molecule has 0 fully saturated rings. The third kappa shape index (κ3) is 1.04. The molecule has 3 aromatic rings. The summed E-state index contributed by atoms with van der Waals surface area (Å²) < 4.78 is 6.21. The van der Waals surface area contributed by atoms with Crippen molar-refractivity contribution in [3.63, 3.8) is 0 Å². The van der Waals surface area contributed by atoms with Crippen molar-refractivity contribution in [3.05, 3.63) is 46.4 Å². The summed E-state index contributed by atoms with van der Waals surface area (Å²) in [4.78, 5) is 14.7. The molecule has 76 valence electrons. The highest BCUT2D eigenvalue weighted by Crippen LogP contribution is 2.18. The summed E-state index contributed by atoms with van der Waals surface area (Å²) in [5, 5.41) is 9.78. The zero-order chi connectivity index (χ0) is 11.1. The molecule has 0 atom stereocenters. The number of rotatable bonds is 0. The van der Waals surface area contributed by atoms with E-state index in [9.17, 15) is 4.79 Å². The van der Waals surface area contributed by atoms with Gasteiger partial charge >= 0.3 is 5.76 Å². The Balaban J connectivity index is 2.68. The summed E-state index contributed by atoms with van der Waals surface area (Å²) >= 11 is 0. The SMILES string of the molecule is N#Cc1cc2ccccc2n2oc(=O)nc12. The molecule has 3 rings (SSSR count). The Kier molecular flexibility index (Phi) is 1.59. The fourth-order valence-corrected chi connectivity index (χ4v) is 1.70. The van der Waals surface area contributed by atoms with E-state index in [0.717, 1.165) is 5.39 Å². The van der Waals surface area contributed by atoms with Crippen molar-refractivity contribution in [2.75, 3.05) is 0 Å². The maximum Gasteiger partial charge on any atom is 0.460 e. The van der Waals surface area contributed by atoms with Crippen LogP contribution in [0.3, 0.4) is 0 Å². The molecule has 0 aliphatic rings. The van der Waals surface area contributed by atoms with Crippen LogP contribution in [-0.4, -0.2) is 9.56 Å². The minimum atomic E-state index is -0.701. The van der Waals surface area contributed by atoms with Crippen molar-refractivity contribution in [2.45, 2.75) is 0 Å². The number of hydrogen-bond donors (Lipinski definition) is 0. The zero-order valence-corrected chi connectivity index (χ0v) is 8.04. The van der Waals surface area contributed by atoms with Crippen LogP contribution in [0, 0.1) is 11.3 Å². The molecule has 0 radical (unpaired) electrons. The second-order valence-electron chi connectivity index (χ2n) is 3.32. The Bertz CT molecular complexity index is 792. The molecule has 2 heterocycles. The molecule has 5 nitrogen and oxygen atoms in total. The molecular formula is C11H5N3O2. The third-order valence-corrected chi connectivity index (χ3v) is 2.38. The van der Waals surface area contributed by atoms with E-state index in [0.29, 0.717) is 11.1 Å². The predicted molar refractivity (Wildman–Crippen MR) is 55.9 cm³/mol. The molecule has 0 spiro atoms. The topological polar surface area (TPSA) is 71.3 Å². The second kappa shape index (κ2) is 2.94. The highest BCUT2D eigenvalue weighted by Gasteiger charge is 2.10. The summed E-state index contributed by atoms with van der Waals surface area (Å²) in [5.74, 6) is -0.701. The fourth-order valence-electron chi connectivity index (χ4n) is 1.70. The van der Waals surface area contributed by atoms with E-state index < -0.39 is 5.76 Å². The van der Waals surface area contributed by atoms with E-state index in [1.54, 1.807) is 12.1 Å². The zero-order valence-electron chi connectivity index (χ0n) is 8.04. The standard InChI is InChI=1S/C11H5N3O2/c12-6-8-5-7-3-1-2-4-9(7)14-10(8)13-11(15)16-14/h1-5H. The van der Waals surface area contributed by atoms with Crippen molar-refractivity contribution in [3.8, 4) is 6.07 Å². The fraction of sp³-hybridized carbons (Fsp3) is 0. The van der Waals surface area contributed by atoms with Crippen molar-refractivity contribution >= 4 is 16.6 Å². The van der Waals surface area contributed by atoms with Gasteiger partial charge < -0.3 is 4.52 Å². The largest absolute Gasteiger partial charge is 0.460 e. The summed E-state index contributed by atoms with van der Waals surface area (Å²) in [5.41, 5.74) is 1.29. The van der Waals surface area contributed by atoms with E-state index in [1.165, 1.54) is 4.57 Å². The maximum atomic E-state index is 11.1. The first-order valence-electron chi connectivity index (χ1n) is 4.61. The van der Waals surface area contributed by atoms with Gasteiger partial charge in [-0.05, 0) is 12.1 Å². The Hall–Kier alpha value is -2.61. The van der Waals surface area contributed by atoms with Gasteiger partial charge in [0.1, 0.15) is 6.07 Å². The normalized spacial score (nSPS) is 10.7. The van der Waals surface area contributed by atoms with Crippen LogP contribution in [0.5, 0.6) is 0 Å². The van der Waals surface area contributed by atoms with Gasteiger partial charge in [-0.2, -0.15) is 14.8 Å². The van der Waals surface area contributed by atoms with Crippen LogP contribution in [0.4, 0.5) is 0 Å². The summed E-state index contributed by atoms with van der Waals surface area (Å²) in [7, 11) is 0. The van der Waals surface area contributed by atoms with E-state index in [-0.39, 0.29) is 5.65 Å². The van der Waals surface area contributed by atoms with Gasteiger partial charge in [-0.25, -0.2) is 4.79 Å². The maximum absolute atomic E-state index is 11.1. The average Bonchev–Trinajstić information content (AvgIpc) is 2.69. The van der Waals surface area contributed by atoms with E-state index in [4.69, 9.17) is 9.78 Å². The van der Waals surface area contributed by atoms with Gasteiger partial charge in [0.2, 0.25) is 0 Å². The van der Waals surface area contributed by atoms with Crippen molar-refractivity contribution in [1.29, 1.82) is 5.26 Å². The molecule has 1 aromatic carbocycles. The molecule has 0 N–H and O–H groups in total. The molecule has 0 aliphatic heterocycles. The lowest BCUT2D eigenvalue weighted by atomic mass is 10.1. The monoisotopic (exact) mass is 211 g/mol. The van der Waals surface area contributed by atoms with Crippen molar-refractivity contribution in [2.24, 2.45) is 0 Å². The molecule has 5 heteroatoms. The predicted octanol–water partition coefficient (Wildman–Crippen LogP) is 1.31. The lowest BCUT2D eigenvalue weighted by Crippen LogP contribution is -1.93. The van der Waals surface area contributed by atoms with Gasteiger partial charge in [0.05, 0.1) is 11.1 Å². The molecule has 2 aromatic heterocycles. The lowest BCUT2D eigenvalue weighted by molar-refractivity contribution is 0.356. The molecule has 0 amide bonds. The van der Waals surface area contributed by atoms with Crippen molar-refractivity contribution in [1.82, 2.24) is 9.56 Å². The van der Waals surface area contributed by atoms with Gasteiger partial charge in [0, 0.05) is 5.39 Å². The molecular weight excluding hydrogens is 206 g/mol. The Morgan fingerprint density at radius 3 is 3.00 bits per heavy atom. The summed E-state index contributed by atoms with van der Waals surface area (Å²) in [6, 6.07) is 11.0. The number of para-hydroxylation sites is 1. The van der Waals surface area contributed by atoms with Crippen molar-refractivity contribution < 1.29 is 4.52 Å². The third-order valence-electron chi connectivity index (χ3n) is 2.38. The van der Waals surface area contributed by atoms with Crippen LogP contribution in [-0.2, 0) is 0 Å². The number of nitriles is 1. The smallest absolute Gasteiger partial charge is 0.313 e. The van der Waals surface area contributed by atoms with Crippen LogP contribution >= 0.6 is 0 Å². The van der Waals surface area contributed by atoms with E-state index in [1.807, 2.05) is 24.3 Å². The Morgan fingerprint density at radius 1 is 1.38 bits per heavy atom. The molecule has 0 saturated heterocycles. The Labute approximate surface area is 89.1 Å². The first-order chi connectivity index (χ1) is 7.79. The Morgan fingerprint density at radius 2 is 2.19 bits per heavy atom. The lowest BCUT2D eigenvalue weighted by Gasteiger charge is -2.00. The number of benzene rings is 1. The number of aromatic nitrogens is 2. The van der Waals surface area contributed by atoms with E-state index in [2.05, 4.69) is 4.98 Å². The highest BCUT2D eigenvalue weighted by molar-refractivity contribution is 5.83. The number of fused-ring (bicyclic) bond motifs is 3. The van der Waals surface area contributed by atoms with Gasteiger partial charge in [0.25, 0.3) is 0 Å². The van der Waals surface area contributed by atoms with Crippen LogP contribution < -0.4 is 5.76 Å². The van der Waals surface area contributed by atoms with Crippen LogP contribution in [0.15, 0.2) is 39.6 Å². The van der Waals surface area contributed by atoms with Gasteiger partial charge in [-0.1, -0.05) is 18.2 Å². The molecule has 0 bridgehead atoms. The second-order valence-corrected chi connectivity index (χ2v) is 3.32.